The molecule has 3 heterocycles. The molecular weight excluding hydrogens is 639 g/mol. The van der Waals surface area contributed by atoms with Crippen molar-refractivity contribution in [2.75, 3.05) is 0 Å². The molecule has 0 bridgehead atoms. The highest BCUT2D eigenvalue weighted by Crippen LogP contribution is 2.50. The zero-order valence-corrected chi connectivity index (χ0v) is 29.0. The van der Waals surface area contributed by atoms with E-state index < -0.39 is 0 Å². The van der Waals surface area contributed by atoms with Gasteiger partial charge in [0.05, 0.1) is 22.2 Å². The SMILES string of the molecule is CC1(C)c2ccccc2-c2ccc(-c3nc(-n4c5ccccc5c5cc(-c6ccc7c(c6)sc6ccccc67)ccc54)nc4ccccc34)cc21. The van der Waals surface area contributed by atoms with Crippen LogP contribution >= 0.6 is 11.3 Å². The van der Waals surface area contributed by atoms with E-state index in [4.69, 9.17) is 9.97 Å². The molecule has 0 saturated heterocycles. The molecule has 1 aliphatic rings. The predicted molar refractivity (Wildman–Crippen MR) is 215 cm³/mol. The number of para-hydroxylation sites is 2. The summed E-state index contributed by atoms with van der Waals surface area (Å²) in [5.41, 5.74) is 12.8. The fraction of sp³-hybridized carbons (Fsp3) is 0.0638. The Morgan fingerprint density at radius 2 is 1.14 bits per heavy atom. The van der Waals surface area contributed by atoms with E-state index in [1.165, 1.54) is 64.3 Å². The second-order valence-corrected chi connectivity index (χ2v) is 15.3. The van der Waals surface area contributed by atoms with Crippen LogP contribution in [0.25, 0.3) is 92.3 Å². The first-order chi connectivity index (χ1) is 25.0. The number of hydrogen-bond donors (Lipinski definition) is 0. The Morgan fingerprint density at radius 3 is 2.06 bits per heavy atom. The quantitative estimate of drug-likeness (QED) is 0.187. The van der Waals surface area contributed by atoms with E-state index in [9.17, 15) is 0 Å². The Kier molecular flexibility index (Phi) is 5.89. The van der Waals surface area contributed by atoms with Crippen LogP contribution in [0.5, 0.6) is 0 Å². The van der Waals surface area contributed by atoms with Crippen molar-refractivity contribution < 1.29 is 0 Å². The zero-order valence-electron chi connectivity index (χ0n) is 28.2. The molecule has 0 spiro atoms. The lowest BCUT2D eigenvalue weighted by molar-refractivity contribution is 0.660. The van der Waals surface area contributed by atoms with E-state index in [0.29, 0.717) is 5.95 Å². The molecule has 0 amide bonds. The molecule has 1 aliphatic carbocycles. The smallest absolute Gasteiger partial charge is 0.235 e. The summed E-state index contributed by atoms with van der Waals surface area (Å²) in [6.07, 6.45) is 0. The Balaban J connectivity index is 1.10. The third-order valence-electron chi connectivity index (χ3n) is 11.0. The van der Waals surface area contributed by atoms with Crippen LogP contribution in [0.4, 0.5) is 0 Å². The van der Waals surface area contributed by atoms with Crippen LogP contribution in [-0.4, -0.2) is 14.5 Å². The molecule has 3 nitrogen and oxygen atoms in total. The van der Waals surface area contributed by atoms with E-state index in [0.717, 1.165) is 33.2 Å². The first-order valence-electron chi connectivity index (χ1n) is 17.5. The van der Waals surface area contributed by atoms with Crippen LogP contribution in [0.1, 0.15) is 25.0 Å². The fourth-order valence-corrected chi connectivity index (χ4v) is 9.65. The van der Waals surface area contributed by atoms with Crippen molar-refractivity contribution in [3.05, 3.63) is 163 Å². The standard InChI is InChI=1S/C47H31N3S/c1-47(2)38-15-7-3-11-31(38)32-22-20-30(26-39(32)47)45-36-14-4-8-16-40(36)48-46(49-45)50-41-17-9-5-12-33(41)37-25-28(21-24-42(37)50)29-19-23-35-34-13-6-10-18-43(34)51-44(35)27-29/h3-27H,1-2H3. The Labute approximate surface area is 299 Å². The number of nitrogens with zero attached hydrogens (tertiary/aromatic N) is 3. The molecule has 0 aliphatic heterocycles. The van der Waals surface area contributed by atoms with Crippen LogP contribution in [0, 0.1) is 0 Å². The van der Waals surface area contributed by atoms with Crippen molar-refractivity contribution in [3.8, 4) is 39.5 Å². The predicted octanol–water partition coefficient (Wildman–Crippen LogP) is 12.7. The number of benzene rings is 7. The van der Waals surface area contributed by atoms with Crippen LogP contribution < -0.4 is 0 Å². The van der Waals surface area contributed by atoms with E-state index in [1.54, 1.807) is 0 Å². The number of hydrogen-bond acceptors (Lipinski definition) is 3. The minimum Gasteiger partial charge on any atom is -0.278 e. The summed E-state index contributed by atoms with van der Waals surface area (Å²) in [5, 5.41) is 6.07. The van der Waals surface area contributed by atoms with Crippen LogP contribution in [0.15, 0.2) is 152 Å². The summed E-state index contributed by atoms with van der Waals surface area (Å²) >= 11 is 1.86. The van der Waals surface area contributed by atoms with Gasteiger partial charge in [0.25, 0.3) is 0 Å². The molecule has 0 radical (unpaired) electrons. The highest BCUT2D eigenvalue weighted by atomic mass is 32.1. The van der Waals surface area contributed by atoms with Crippen molar-refractivity contribution in [1.29, 1.82) is 0 Å². The highest BCUT2D eigenvalue weighted by molar-refractivity contribution is 7.25. The van der Waals surface area contributed by atoms with Crippen LogP contribution in [-0.2, 0) is 5.41 Å². The third-order valence-corrected chi connectivity index (χ3v) is 12.2. The maximum atomic E-state index is 5.42. The molecule has 3 aromatic heterocycles. The summed E-state index contributed by atoms with van der Waals surface area (Å²) in [5.74, 6) is 0.678. The van der Waals surface area contributed by atoms with Gasteiger partial charge in [0.2, 0.25) is 5.95 Å². The summed E-state index contributed by atoms with van der Waals surface area (Å²) in [6, 6.07) is 55.1. The Bertz CT molecular complexity index is 3070. The van der Waals surface area contributed by atoms with Gasteiger partial charge >= 0.3 is 0 Å². The fourth-order valence-electron chi connectivity index (χ4n) is 8.51. The molecule has 0 N–H and O–H groups in total. The normalized spacial score (nSPS) is 13.5. The van der Waals surface area contributed by atoms with Crippen molar-refractivity contribution in [2.45, 2.75) is 19.3 Å². The molecule has 240 valence electrons. The van der Waals surface area contributed by atoms with E-state index >= 15 is 0 Å². The largest absolute Gasteiger partial charge is 0.278 e. The second-order valence-electron chi connectivity index (χ2n) is 14.2. The molecule has 0 atom stereocenters. The van der Waals surface area contributed by atoms with Gasteiger partial charge in [-0.2, -0.15) is 0 Å². The maximum Gasteiger partial charge on any atom is 0.235 e. The lowest BCUT2D eigenvalue weighted by Gasteiger charge is -2.22. The molecule has 51 heavy (non-hydrogen) atoms. The second kappa shape index (κ2) is 10.5. The number of rotatable bonds is 3. The monoisotopic (exact) mass is 669 g/mol. The number of aromatic nitrogens is 3. The van der Waals surface area contributed by atoms with E-state index in [2.05, 4.69) is 170 Å². The molecule has 11 rings (SSSR count). The summed E-state index contributed by atoms with van der Waals surface area (Å²) in [4.78, 5) is 10.7. The number of thiophene rings is 1. The van der Waals surface area contributed by atoms with E-state index in [-0.39, 0.29) is 5.41 Å². The summed E-state index contributed by atoms with van der Waals surface area (Å²) in [7, 11) is 0. The van der Waals surface area contributed by atoms with Gasteiger partial charge < -0.3 is 0 Å². The van der Waals surface area contributed by atoms with Gasteiger partial charge in [0, 0.05) is 47.3 Å². The van der Waals surface area contributed by atoms with Crippen LogP contribution in [0.3, 0.4) is 0 Å². The molecular formula is C47H31N3S. The first-order valence-corrected chi connectivity index (χ1v) is 18.3. The lowest BCUT2D eigenvalue weighted by atomic mass is 9.82. The third kappa shape index (κ3) is 4.11. The van der Waals surface area contributed by atoms with E-state index in [1.807, 2.05) is 11.3 Å². The highest BCUT2D eigenvalue weighted by Gasteiger charge is 2.35. The molecule has 4 heteroatoms. The summed E-state index contributed by atoms with van der Waals surface area (Å²) in [6.45, 7) is 4.66. The van der Waals surface area contributed by atoms with Crippen molar-refractivity contribution in [1.82, 2.24) is 14.5 Å². The Morgan fingerprint density at radius 1 is 0.471 bits per heavy atom. The molecule has 7 aromatic carbocycles. The zero-order chi connectivity index (χ0) is 33.8. The topological polar surface area (TPSA) is 30.7 Å². The van der Waals surface area contributed by atoms with Crippen LogP contribution in [0.2, 0.25) is 0 Å². The van der Waals surface area contributed by atoms with Gasteiger partial charge in [-0.05, 0) is 75.8 Å². The average molecular weight is 670 g/mol. The minimum atomic E-state index is -0.0976. The minimum absolute atomic E-state index is 0.0976. The van der Waals surface area contributed by atoms with Crippen molar-refractivity contribution in [2.24, 2.45) is 0 Å². The van der Waals surface area contributed by atoms with Gasteiger partial charge in [-0.3, -0.25) is 4.57 Å². The average Bonchev–Trinajstić information content (AvgIpc) is 3.79. The van der Waals surface area contributed by atoms with Gasteiger partial charge in [-0.15, -0.1) is 11.3 Å². The molecule has 10 aromatic rings. The maximum absolute atomic E-state index is 5.42. The van der Waals surface area contributed by atoms with Gasteiger partial charge in [-0.1, -0.05) is 123 Å². The lowest BCUT2D eigenvalue weighted by Crippen LogP contribution is -2.15. The molecule has 0 unspecified atom stereocenters. The van der Waals surface area contributed by atoms with Crippen molar-refractivity contribution >= 4 is 64.2 Å². The van der Waals surface area contributed by atoms with Gasteiger partial charge in [0.15, 0.2) is 0 Å². The van der Waals surface area contributed by atoms with Gasteiger partial charge in [0.1, 0.15) is 0 Å². The molecule has 0 fully saturated rings. The molecule has 0 saturated carbocycles. The number of fused-ring (bicyclic) bond motifs is 10. The summed E-state index contributed by atoms with van der Waals surface area (Å²) < 4.78 is 4.88. The van der Waals surface area contributed by atoms with Crippen molar-refractivity contribution in [3.63, 3.8) is 0 Å². The first kappa shape index (κ1) is 28.7. The van der Waals surface area contributed by atoms with Gasteiger partial charge in [-0.25, -0.2) is 9.97 Å². The Hall–Kier alpha value is -6.10.